The fraction of sp³-hybridized carbons (Fsp3) is 0.222. The van der Waals surface area contributed by atoms with Gasteiger partial charge < -0.3 is 20.4 Å². The van der Waals surface area contributed by atoms with Gasteiger partial charge in [-0.2, -0.15) is 0 Å². The molecule has 1 fully saturated rings. The van der Waals surface area contributed by atoms with Gasteiger partial charge in [-0.25, -0.2) is 4.79 Å². The van der Waals surface area contributed by atoms with E-state index in [1.54, 1.807) is 0 Å². The van der Waals surface area contributed by atoms with Crippen molar-refractivity contribution in [3.05, 3.63) is 42.5 Å². The van der Waals surface area contributed by atoms with Crippen LogP contribution in [-0.2, 0) is 4.79 Å². The van der Waals surface area contributed by atoms with Crippen LogP contribution in [0.2, 0.25) is 0 Å². The van der Waals surface area contributed by atoms with Gasteiger partial charge in [0.05, 0.1) is 0 Å². The molecule has 0 bridgehead atoms. The maximum Gasteiger partial charge on any atom is 0.319 e. The molecular weight excluding hydrogens is 306 g/mol. The molecule has 24 heavy (non-hydrogen) atoms. The van der Waals surface area contributed by atoms with Crippen molar-refractivity contribution in [3.8, 4) is 0 Å². The molecule has 0 radical (unpaired) electrons. The minimum absolute atomic E-state index is 0.0313. The summed E-state index contributed by atoms with van der Waals surface area (Å²) in [4.78, 5) is 23.2. The topological polar surface area (TPSA) is 83.4 Å². The van der Waals surface area contributed by atoms with Crippen molar-refractivity contribution in [1.29, 1.82) is 0 Å². The first-order valence-corrected chi connectivity index (χ1v) is 7.94. The van der Waals surface area contributed by atoms with Gasteiger partial charge in [0, 0.05) is 41.5 Å². The molecule has 1 saturated heterocycles. The zero-order valence-corrected chi connectivity index (χ0v) is 13.0. The normalized spacial score (nSPS) is 17.7. The number of nitrogens with one attached hydrogen (secondary N) is 3. The maximum absolute atomic E-state index is 12.1. The molecule has 0 saturated carbocycles. The van der Waals surface area contributed by atoms with Gasteiger partial charge in [-0.05, 0) is 24.6 Å². The number of amides is 3. The first-order chi connectivity index (χ1) is 11.7. The zero-order chi connectivity index (χ0) is 16.5. The zero-order valence-electron chi connectivity index (χ0n) is 13.0. The second-order valence-electron chi connectivity index (χ2n) is 5.95. The van der Waals surface area contributed by atoms with Crippen LogP contribution in [0.15, 0.2) is 46.9 Å². The van der Waals surface area contributed by atoms with E-state index in [9.17, 15) is 9.59 Å². The summed E-state index contributed by atoms with van der Waals surface area (Å²) in [5, 5.41) is 10.5. The number of hydrogen-bond acceptors (Lipinski definition) is 3. The van der Waals surface area contributed by atoms with Crippen LogP contribution < -0.4 is 16.0 Å². The molecule has 0 aliphatic carbocycles. The van der Waals surface area contributed by atoms with Gasteiger partial charge in [-0.1, -0.05) is 18.2 Å². The number of hydrogen-bond donors (Lipinski definition) is 3. The fourth-order valence-corrected chi connectivity index (χ4v) is 3.01. The predicted molar refractivity (Wildman–Crippen MR) is 91.9 cm³/mol. The van der Waals surface area contributed by atoms with Crippen LogP contribution in [0.4, 0.5) is 10.5 Å². The van der Waals surface area contributed by atoms with E-state index in [4.69, 9.17) is 4.42 Å². The van der Waals surface area contributed by atoms with Crippen LogP contribution in [-0.4, -0.2) is 24.5 Å². The number of urea groups is 1. The predicted octanol–water partition coefficient (Wildman–Crippen LogP) is 2.99. The Morgan fingerprint density at radius 1 is 1.12 bits per heavy atom. The van der Waals surface area contributed by atoms with Crippen LogP contribution in [0.3, 0.4) is 0 Å². The van der Waals surface area contributed by atoms with Crippen molar-refractivity contribution in [2.24, 2.45) is 0 Å². The van der Waals surface area contributed by atoms with Crippen molar-refractivity contribution < 1.29 is 14.0 Å². The molecule has 6 nitrogen and oxygen atoms in total. The number of para-hydroxylation sites is 1. The van der Waals surface area contributed by atoms with Gasteiger partial charge in [0.2, 0.25) is 5.91 Å². The lowest BCUT2D eigenvalue weighted by atomic mass is 10.1. The first kappa shape index (κ1) is 14.6. The fourth-order valence-electron chi connectivity index (χ4n) is 3.01. The molecule has 6 heteroatoms. The first-order valence-electron chi connectivity index (χ1n) is 7.94. The Kier molecular flexibility index (Phi) is 3.57. The van der Waals surface area contributed by atoms with E-state index in [1.165, 1.54) is 0 Å². The maximum atomic E-state index is 12.1. The Hall–Kier alpha value is -3.02. The molecule has 1 aromatic heterocycles. The van der Waals surface area contributed by atoms with Crippen LogP contribution in [0.25, 0.3) is 21.9 Å². The van der Waals surface area contributed by atoms with Crippen LogP contribution in [0, 0.1) is 0 Å². The summed E-state index contributed by atoms with van der Waals surface area (Å²) >= 11 is 0. The number of anilines is 1. The van der Waals surface area contributed by atoms with Gasteiger partial charge >= 0.3 is 6.03 Å². The quantitative estimate of drug-likeness (QED) is 0.678. The SMILES string of the molecule is O=C1CC[C@H](NC(=O)Nc2ccc3c(c2)oc2ccccc23)CN1. The molecular formula is C18H17N3O3. The Bertz CT molecular complexity index is 922. The second-order valence-corrected chi connectivity index (χ2v) is 5.95. The van der Waals surface area contributed by atoms with Crippen molar-refractivity contribution >= 4 is 39.6 Å². The number of rotatable bonds is 2. The summed E-state index contributed by atoms with van der Waals surface area (Å²) in [6, 6.07) is 13.1. The van der Waals surface area contributed by atoms with Gasteiger partial charge in [-0.3, -0.25) is 4.79 Å². The van der Waals surface area contributed by atoms with Crippen molar-refractivity contribution in [2.75, 3.05) is 11.9 Å². The van der Waals surface area contributed by atoms with Gasteiger partial charge in [0.25, 0.3) is 0 Å². The summed E-state index contributed by atoms with van der Waals surface area (Å²) in [6.45, 7) is 0.467. The molecule has 3 aromatic rings. The van der Waals surface area contributed by atoms with E-state index >= 15 is 0 Å². The smallest absolute Gasteiger partial charge is 0.319 e. The standard InChI is InChI=1S/C18H17N3O3/c22-17-8-6-12(10-19-17)21-18(23)20-11-5-7-14-13-3-1-2-4-15(13)24-16(14)9-11/h1-5,7,9,12H,6,8,10H2,(H,19,22)(H2,20,21,23)/t12-/m0/s1. The van der Waals surface area contributed by atoms with E-state index in [-0.39, 0.29) is 18.0 Å². The van der Waals surface area contributed by atoms with Crippen LogP contribution in [0.1, 0.15) is 12.8 Å². The molecule has 122 valence electrons. The Morgan fingerprint density at radius 2 is 1.96 bits per heavy atom. The average molecular weight is 323 g/mol. The molecule has 0 spiro atoms. The second kappa shape index (κ2) is 5.88. The number of benzene rings is 2. The molecule has 1 aliphatic rings. The number of carbonyl (C=O) groups excluding carboxylic acids is 2. The highest BCUT2D eigenvalue weighted by Crippen LogP contribution is 2.30. The van der Waals surface area contributed by atoms with Crippen LogP contribution >= 0.6 is 0 Å². The van der Waals surface area contributed by atoms with Crippen molar-refractivity contribution in [2.45, 2.75) is 18.9 Å². The average Bonchev–Trinajstić information content (AvgIpc) is 2.94. The largest absolute Gasteiger partial charge is 0.456 e. The number of furan rings is 1. The lowest BCUT2D eigenvalue weighted by Gasteiger charge is -2.23. The molecule has 4 rings (SSSR count). The van der Waals surface area contributed by atoms with E-state index in [0.29, 0.717) is 25.1 Å². The summed E-state index contributed by atoms with van der Waals surface area (Å²) in [5.41, 5.74) is 2.23. The monoisotopic (exact) mass is 323 g/mol. The molecule has 1 atom stereocenters. The Labute approximate surface area is 138 Å². The van der Waals surface area contributed by atoms with E-state index in [2.05, 4.69) is 16.0 Å². The van der Waals surface area contributed by atoms with Crippen molar-refractivity contribution in [1.82, 2.24) is 10.6 Å². The number of fused-ring (bicyclic) bond motifs is 3. The summed E-state index contributed by atoms with van der Waals surface area (Å²) < 4.78 is 5.82. The highest BCUT2D eigenvalue weighted by molar-refractivity contribution is 6.06. The minimum Gasteiger partial charge on any atom is -0.456 e. The molecule has 3 N–H and O–H groups in total. The van der Waals surface area contributed by atoms with Crippen LogP contribution in [0.5, 0.6) is 0 Å². The highest BCUT2D eigenvalue weighted by atomic mass is 16.3. The van der Waals surface area contributed by atoms with E-state index in [0.717, 1.165) is 21.9 Å². The Morgan fingerprint density at radius 3 is 2.79 bits per heavy atom. The molecule has 3 amide bonds. The summed E-state index contributed by atoms with van der Waals surface area (Å²) in [6.07, 6.45) is 1.09. The molecule has 1 aliphatic heterocycles. The minimum atomic E-state index is -0.286. The van der Waals surface area contributed by atoms with Gasteiger partial charge in [0.15, 0.2) is 0 Å². The molecule has 0 unspecified atom stereocenters. The Balaban J connectivity index is 1.49. The third-order valence-corrected chi connectivity index (χ3v) is 4.24. The summed E-state index contributed by atoms with van der Waals surface area (Å²) in [5.74, 6) is 0.0313. The molecule has 2 heterocycles. The highest BCUT2D eigenvalue weighted by Gasteiger charge is 2.19. The lowest BCUT2D eigenvalue weighted by Crippen LogP contribution is -2.48. The van der Waals surface area contributed by atoms with Gasteiger partial charge in [0.1, 0.15) is 11.2 Å². The number of piperidine rings is 1. The third-order valence-electron chi connectivity index (χ3n) is 4.24. The van der Waals surface area contributed by atoms with E-state index < -0.39 is 0 Å². The number of carbonyl (C=O) groups is 2. The third kappa shape index (κ3) is 2.78. The van der Waals surface area contributed by atoms with E-state index in [1.807, 2.05) is 42.5 Å². The lowest BCUT2D eigenvalue weighted by molar-refractivity contribution is -0.122. The molecule has 2 aromatic carbocycles. The van der Waals surface area contributed by atoms with Crippen molar-refractivity contribution in [3.63, 3.8) is 0 Å². The summed E-state index contributed by atoms with van der Waals surface area (Å²) in [7, 11) is 0. The van der Waals surface area contributed by atoms with Gasteiger partial charge in [-0.15, -0.1) is 0 Å².